The molecule has 1 aliphatic heterocycles. The molecule has 1 fully saturated rings. The summed E-state index contributed by atoms with van der Waals surface area (Å²) in [5.74, 6) is 0.897. The second-order valence-corrected chi connectivity index (χ2v) is 10.4. The monoisotopic (exact) mass is 487 g/mol. The molecule has 3 heterocycles. The fourth-order valence-corrected chi connectivity index (χ4v) is 6.24. The lowest BCUT2D eigenvalue weighted by atomic mass is 9.91. The van der Waals surface area contributed by atoms with E-state index in [1.807, 2.05) is 28.3 Å². The summed E-state index contributed by atoms with van der Waals surface area (Å²) in [6.07, 6.45) is 3.31. The smallest absolute Gasteiger partial charge is 0.274 e. The van der Waals surface area contributed by atoms with Crippen LogP contribution in [0.3, 0.4) is 0 Å². The summed E-state index contributed by atoms with van der Waals surface area (Å²) < 4.78 is 29.9. The lowest BCUT2D eigenvalue weighted by Crippen LogP contribution is -2.40. The van der Waals surface area contributed by atoms with Gasteiger partial charge in [0.25, 0.3) is 5.91 Å². The molecule has 182 valence electrons. The minimum atomic E-state index is -0.561. The number of rotatable bonds is 6. The van der Waals surface area contributed by atoms with Gasteiger partial charge in [-0.1, -0.05) is 0 Å². The number of H-pyrrole nitrogens is 1. The molecule has 0 bridgehead atoms. The fourth-order valence-electron chi connectivity index (χ4n) is 5.34. The molecule has 2 N–H and O–H groups in total. The number of aromatic nitrogens is 3. The average molecular weight is 488 g/mol. The van der Waals surface area contributed by atoms with Crippen molar-refractivity contribution >= 4 is 28.6 Å². The van der Waals surface area contributed by atoms with E-state index in [-0.39, 0.29) is 11.9 Å². The van der Waals surface area contributed by atoms with Crippen LogP contribution in [0.1, 0.15) is 46.3 Å². The van der Waals surface area contributed by atoms with E-state index in [1.54, 1.807) is 0 Å². The van der Waals surface area contributed by atoms with E-state index >= 15 is 0 Å². The first-order valence-electron chi connectivity index (χ1n) is 12.1. The third-order valence-electron chi connectivity index (χ3n) is 7.10. The van der Waals surface area contributed by atoms with Gasteiger partial charge in [-0.15, -0.1) is 0 Å². The Hall–Kier alpha value is -2.39. The highest BCUT2D eigenvalue weighted by Gasteiger charge is 2.31. The van der Waals surface area contributed by atoms with Crippen LogP contribution < -0.4 is 5.32 Å². The van der Waals surface area contributed by atoms with Gasteiger partial charge in [0.1, 0.15) is 11.6 Å². The molecule has 5 rings (SSSR count). The Kier molecular flexibility index (Phi) is 6.66. The van der Waals surface area contributed by atoms with E-state index in [4.69, 9.17) is 5.10 Å². The lowest BCUT2D eigenvalue weighted by Gasteiger charge is -2.27. The second kappa shape index (κ2) is 9.70. The summed E-state index contributed by atoms with van der Waals surface area (Å²) in [6.45, 7) is 6.99. The number of aryl methyl sites for hydroxylation is 2. The first-order chi connectivity index (χ1) is 16.5. The molecule has 2 aliphatic rings. The minimum absolute atomic E-state index is 0.0582. The summed E-state index contributed by atoms with van der Waals surface area (Å²) in [7, 11) is 0. The van der Waals surface area contributed by atoms with Crippen LogP contribution in [0.25, 0.3) is 10.9 Å². The van der Waals surface area contributed by atoms with Crippen LogP contribution in [-0.2, 0) is 25.8 Å². The third-order valence-corrected chi connectivity index (χ3v) is 8.04. The largest absolute Gasteiger partial charge is 0.356 e. The Morgan fingerprint density at radius 3 is 2.85 bits per heavy atom. The molecular formula is C25H31F2N5OS. The summed E-state index contributed by atoms with van der Waals surface area (Å²) in [6, 6.07) is 2.56. The van der Waals surface area contributed by atoms with E-state index in [0.717, 1.165) is 73.3 Å². The van der Waals surface area contributed by atoms with Gasteiger partial charge in [0.05, 0.1) is 5.52 Å². The normalized spacial score (nSPS) is 18.5. The number of hydrogen-bond donors (Lipinski definition) is 2. The molecule has 1 aliphatic carbocycles. The molecule has 3 aromatic rings. The van der Waals surface area contributed by atoms with Crippen LogP contribution in [0.15, 0.2) is 12.1 Å². The van der Waals surface area contributed by atoms with Crippen LogP contribution in [-0.4, -0.2) is 62.8 Å². The number of halogens is 2. The number of fused-ring (bicyclic) bond motifs is 2. The maximum absolute atomic E-state index is 14.1. The van der Waals surface area contributed by atoms with Crippen LogP contribution in [0.4, 0.5) is 8.78 Å². The van der Waals surface area contributed by atoms with Gasteiger partial charge in [-0.25, -0.2) is 8.78 Å². The van der Waals surface area contributed by atoms with E-state index in [1.165, 1.54) is 11.8 Å². The lowest BCUT2D eigenvalue weighted by molar-refractivity contribution is 0.0764. The zero-order chi connectivity index (χ0) is 23.8. The van der Waals surface area contributed by atoms with Gasteiger partial charge in [0.2, 0.25) is 0 Å². The number of amides is 1. The highest BCUT2D eigenvalue weighted by atomic mass is 32.2. The van der Waals surface area contributed by atoms with Crippen LogP contribution in [0.2, 0.25) is 0 Å². The molecule has 0 radical (unpaired) electrons. The molecule has 6 nitrogen and oxygen atoms in total. The van der Waals surface area contributed by atoms with E-state index in [2.05, 4.69) is 17.2 Å². The molecular weight excluding hydrogens is 456 g/mol. The topological polar surface area (TPSA) is 66.0 Å². The van der Waals surface area contributed by atoms with E-state index in [9.17, 15) is 13.6 Å². The maximum Gasteiger partial charge on any atom is 0.274 e. The zero-order valence-electron chi connectivity index (χ0n) is 19.7. The summed E-state index contributed by atoms with van der Waals surface area (Å²) in [4.78, 5) is 18.2. The minimum Gasteiger partial charge on any atom is -0.356 e. The summed E-state index contributed by atoms with van der Waals surface area (Å²) in [5, 5.41) is 8.96. The quantitative estimate of drug-likeness (QED) is 0.554. The number of thioether (sulfide) groups is 1. The van der Waals surface area contributed by atoms with Gasteiger partial charge in [-0.05, 0) is 57.7 Å². The number of carbonyl (C=O) groups is 1. The standard InChI is InChI=1S/C25H31F2N5OS/c1-3-32-22-5-4-17(14-20(22)24(30-32)25(33)31-8-10-34-11-9-31)28-7-6-18-15(2)29-23-19(18)12-16(26)13-21(23)27/h12-13,17,28-29H,3-11,14H2,1-2H3/t17-/m1/s1. The summed E-state index contributed by atoms with van der Waals surface area (Å²) >= 11 is 1.89. The van der Waals surface area contributed by atoms with Crippen LogP contribution >= 0.6 is 11.8 Å². The van der Waals surface area contributed by atoms with E-state index < -0.39 is 11.6 Å². The highest BCUT2D eigenvalue weighted by Crippen LogP contribution is 2.28. The van der Waals surface area contributed by atoms with Crippen molar-refractivity contribution in [3.63, 3.8) is 0 Å². The number of hydrogen-bond acceptors (Lipinski definition) is 4. The maximum atomic E-state index is 14.1. The fraction of sp³-hybridized carbons (Fsp3) is 0.520. The van der Waals surface area contributed by atoms with Crippen LogP contribution in [0.5, 0.6) is 0 Å². The zero-order valence-corrected chi connectivity index (χ0v) is 20.5. The molecule has 0 spiro atoms. The molecule has 34 heavy (non-hydrogen) atoms. The van der Waals surface area contributed by atoms with Crippen molar-refractivity contribution in [1.82, 2.24) is 25.0 Å². The predicted octanol–water partition coefficient (Wildman–Crippen LogP) is 3.85. The predicted molar refractivity (Wildman–Crippen MR) is 132 cm³/mol. The Morgan fingerprint density at radius 2 is 2.09 bits per heavy atom. The second-order valence-electron chi connectivity index (χ2n) is 9.18. The Balaban J connectivity index is 1.29. The van der Waals surface area contributed by atoms with Crippen molar-refractivity contribution in [2.75, 3.05) is 31.1 Å². The molecule has 1 amide bonds. The van der Waals surface area contributed by atoms with E-state index in [0.29, 0.717) is 29.6 Å². The van der Waals surface area contributed by atoms with Crippen molar-refractivity contribution in [3.8, 4) is 0 Å². The molecule has 0 unspecified atom stereocenters. The van der Waals surface area contributed by atoms with Gasteiger partial charge in [-0.3, -0.25) is 9.48 Å². The first kappa shape index (κ1) is 23.4. The summed E-state index contributed by atoms with van der Waals surface area (Å²) in [5.41, 5.74) is 5.06. The Bertz CT molecular complexity index is 1210. The molecule has 1 atom stereocenters. The van der Waals surface area contributed by atoms with Crippen molar-refractivity contribution < 1.29 is 13.6 Å². The van der Waals surface area contributed by atoms with Gasteiger partial charge >= 0.3 is 0 Å². The number of benzene rings is 1. The van der Waals surface area contributed by atoms with Crippen LogP contribution in [0, 0.1) is 18.6 Å². The van der Waals surface area contributed by atoms with Crippen molar-refractivity contribution in [2.24, 2.45) is 0 Å². The van der Waals surface area contributed by atoms with Crippen molar-refractivity contribution in [2.45, 2.75) is 52.1 Å². The van der Waals surface area contributed by atoms with Gasteiger partial charge in [0.15, 0.2) is 5.69 Å². The number of nitrogens with zero attached hydrogens (tertiary/aromatic N) is 3. The molecule has 0 saturated carbocycles. The number of nitrogens with one attached hydrogen (secondary N) is 2. The third kappa shape index (κ3) is 4.35. The molecule has 2 aromatic heterocycles. The Labute approximate surface area is 202 Å². The van der Waals surface area contributed by atoms with Crippen molar-refractivity contribution in [1.29, 1.82) is 0 Å². The van der Waals surface area contributed by atoms with Crippen molar-refractivity contribution in [3.05, 3.63) is 52.0 Å². The van der Waals surface area contributed by atoms with Gasteiger partial charge in [0, 0.05) is 65.6 Å². The molecule has 9 heteroatoms. The molecule has 1 aromatic carbocycles. The number of carbonyl (C=O) groups excluding carboxylic acids is 1. The van der Waals surface area contributed by atoms with Gasteiger partial charge < -0.3 is 15.2 Å². The highest BCUT2D eigenvalue weighted by molar-refractivity contribution is 7.99. The average Bonchev–Trinajstić information content (AvgIpc) is 3.36. The SMILES string of the molecule is CCn1nc(C(=O)N2CCSCC2)c2c1CC[C@@H](NCCc1c(C)[nH]c3c(F)cc(F)cc13)C2. The van der Waals surface area contributed by atoms with Gasteiger partial charge in [-0.2, -0.15) is 16.9 Å². The molecule has 1 saturated heterocycles. The first-order valence-corrected chi connectivity index (χ1v) is 13.3. The number of aromatic amines is 1. The Morgan fingerprint density at radius 1 is 1.29 bits per heavy atom.